The number of hydrogen-bond acceptors (Lipinski definition) is 6. The highest BCUT2D eigenvalue weighted by Gasteiger charge is 2.33. The maximum atomic E-state index is 13.5. The number of halogens is 1. The molecule has 0 saturated carbocycles. The Hall–Kier alpha value is -2.41. The Morgan fingerprint density at radius 2 is 1.91 bits per heavy atom. The normalized spacial score (nSPS) is 23.3. The fraction of sp³-hybridized carbons (Fsp3) is 0.375. The first kappa shape index (κ1) is 14.2. The third-order valence-electron chi connectivity index (χ3n) is 4.59. The van der Waals surface area contributed by atoms with Gasteiger partial charge in [-0.25, -0.2) is 4.39 Å². The number of nitrogens with two attached hydrogens (primary N) is 1. The van der Waals surface area contributed by atoms with Gasteiger partial charge in [0.05, 0.1) is 11.4 Å². The van der Waals surface area contributed by atoms with E-state index in [0.29, 0.717) is 29.2 Å². The average Bonchev–Trinajstić information content (AvgIpc) is 2.88. The van der Waals surface area contributed by atoms with Crippen molar-refractivity contribution in [1.82, 2.24) is 15.5 Å². The summed E-state index contributed by atoms with van der Waals surface area (Å²) in [6.45, 7) is 1.72. The van der Waals surface area contributed by atoms with E-state index < -0.39 is 5.82 Å². The van der Waals surface area contributed by atoms with E-state index in [0.717, 1.165) is 31.6 Å². The van der Waals surface area contributed by atoms with Crippen molar-refractivity contribution in [2.45, 2.75) is 24.9 Å². The number of nitrogens with zero attached hydrogens (tertiary/aromatic N) is 3. The van der Waals surface area contributed by atoms with Crippen LogP contribution in [0.15, 0.2) is 24.3 Å². The summed E-state index contributed by atoms with van der Waals surface area (Å²) in [4.78, 5) is 2.20. The molecule has 3 heterocycles. The summed E-state index contributed by atoms with van der Waals surface area (Å²) in [5, 5.41) is 21.5. The first-order valence-corrected chi connectivity index (χ1v) is 7.73. The fourth-order valence-electron chi connectivity index (χ4n) is 3.48. The molecule has 0 amide bonds. The number of aromatic hydroxyl groups is 1. The first-order chi connectivity index (χ1) is 11.1. The van der Waals surface area contributed by atoms with Crippen molar-refractivity contribution >= 4 is 11.5 Å². The van der Waals surface area contributed by atoms with Gasteiger partial charge in [-0.2, -0.15) is 0 Å². The molecular weight excluding hydrogens is 297 g/mol. The number of phenolic OH excluding ortho intramolecular Hbond substituents is 1. The summed E-state index contributed by atoms with van der Waals surface area (Å²) < 4.78 is 13.5. The Balaban J connectivity index is 1.72. The van der Waals surface area contributed by atoms with Gasteiger partial charge < -0.3 is 21.1 Å². The van der Waals surface area contributed by atoms with Crippen LogP contribution in [0, 0.1) is 5.82 Å². The number of nitrogens with one attached hydrogen (secondary N) is 1. The van der Waals surface area contributed by atoms with Gasteiger partial charge >= 0.3 is 0 Å². The Morgan fingerprint density at radius 3 is 2.65 bits per heavy atom. The maximum absolute atomic E-state index is 13.5. The van der Waals surface area contributed by atoms with Crippen molar-refractivity contribution in [3.8, 4) is 17.0 Å². The summed E-state index contributed by atoms with van der Waals surface area (Å²) in [5.74, 6) is -0.110. The second-order valence-corrected chi connectivity index (χ2v) is 6.20. The molecule has 1 aromatic carbocycles. The largest absolute Gasteiger partial charge is 0.507 e. The Bertz CT molecular complexity index is 741. The molecule has 4 N–H and O–H groups in total. The molecule has 0 aliphatic carbocycles. The summed E-state index contributed by atoms with van der Waals surface area (Å²) in [6, 6.07) is 6.48. The summed E-state index contributed by atoms with van der Waals surface area (Å²) in [5.41, 5.74) is 7.52. The summed E-state index contributed by atoms with van der Waals surface area (Å²) in [7, 11) is 0. The highest BCUT2D eigenvalue weighted by atomic mass is 19.1. The molecule has 23 heavy (non-hydrogen) atoms. The molecule has 2 unspecified atom stereocenters. The number of hydrogen-bond donors (Lipinski definition) is 3. The van der Waals surface area contributed by atoms with E-state index in [1.54, 1.807) is 6.07 Å². The van der Waals surface area contributed by atoms with Crippen molar-refractivity contribution in [3.63, 3.8) is 0 Å². The van der Waals surface area contributed by atoms with Crippen LogP contribution >= 0.6 is 0 Å². The van der Waals surface area contributed by atoms with Crippen molar-refractivity contribution in [2.24, 2.45) is 0 Å². The summed E-state index contributed by atoms with van der Waals surface area (Å²) >= 11 is 0. The molecule has 2 aliphatic heterocycles. The van der Waals surface area contributed by atoms with Gasteiger partial charge in [0.1, 0.15) is 11.6 Å². The van der Waals surface area contributed by atoms with Crippen LogP contribution in [0.2, 0.25) is 0 Å². The Labute approximate surface area is 133 Å². The average molecular weight is 315 g/mol. The minimum Gasteiger partial charge on any atom is -0.507 e. The smallest absolute Gasteiger partial charge is 0.169 e. The van der Waals surface area contributed by atoms with E-state index in [1.165, 1.54) is 18.2 Å². The molecule has 2 aliphatic rings. The summed E-state index contributed by atoms with van der Waals surface area (Å²) in [6.07, 6.45) is 2.33. The number of nitrogen functional groups attached to an aromatic ring is 1. The predicted molar refractivity (Wildman–Crippen MR) is 85.7 cm³/mol. The van der Waals surface area contributed by atoms with Gasteiger partial charge in [0.25, 0.3) is 0 Å². The second kappa shape index (κ2) is 5.34. The highest BCUT2D eigenvalue weighted by molar-refractivity contribution is 5.74. The molecule has 120 valence electrons. The minimum absolute atomic E-state index is 0.0307. The van der Waals surface area contributed by atoms with Crippen LogP contribution in [0.5, 0.6) is 5.75 Å². The van der Waals surface area contributed by atoms with Crippen molar-refractivity contribution in [3.05, 3.63) is 30.1 Å². The number of phenols is 1. The van der Waals surface area contributed by atoms with Crippen LogP contribution in [-0.2, 0) is 0 Å². The van der Waals surface area contributed by atoms with E-state index in [2.05, 4.69) is 20.4 Å². The molecule has 2 fully saturated rings. The molecule has 7 heteroatoms. The molecule has 0 radical (unpaired) electrons. The van der Waals surface area contributed by atoms with Gasteiger partial charge in [-0.15, -0.1) is 10.2 Å². The Morgan fingerprint density at radius 1 is 1.17 bits per heavy atom. The van der Waals surface area contributed by atoms with Gasteiger partial charge in [0.2, 0.25) is 0 Å². The SMILES string of the molecule is Nc1nnc(-c2cc(F)ccc2O)cc1N1CC2CCC(C1)N2. The Kier molecular flexibility index (Phi) is 3.30. The van der Waals surface area contributed by atoms with Gasteiger partial charge in [0.15, 0.2) is 5.82 Å². The highest BCUT2D eigenvalue weighted by Crippen LogP contribution is 2.33. The molecule has 2 bridgehead atoms. The third-order valence-corrected chi connectivity index (χ3v) is 4.59. The van der Waals surface area contributed by atoms with Crippen LogP contribution < -0.4 is 16.0 Å². The second-order valence-electron chi connectivity index (χ2n) is 6.20. The zero-order valence-corrected chi connectivity index (χ0v) is 12.5. The number of benzene rings is 1. The predicted octanol–water partition coefficient (Wildman–Crippen LogP) is 1.51. The minimum atomic E-state index is -0.432. The topological polar surface area (TPSA) is 87.3 Å². The van der Waals surface area contributed by atoms with E-state index in [-0.39, 0.29) is 5.75 Å². The van der Waals surface area contributed by atoms with Crippen molar-refractivity contribution in [2.75, 3.05) is 23.7 Å². The lowest BCUT2D eigenvalue weighted by molar-refractivity contribution is 0.465. The first-order valence-electron chi connectivity index (χ1n) is 7.73. The van der Waals surface area contributed by atoms with E-state index in [9.17, 15) is 9.50 Å². The van der Waals surface area contributed by atoms with E-state index in [4.69, 9.17) is 5.73 Å². The number of piperazine rings is 1. The molecule has 1 aromatic heterocycles. The van der Waals surface area contributed by atoms with Crippen LogP contribution in [-0.4, -0.2) is 40.5 Å². The van der Waals surface area contributed by atoms with E-state index in [1.807, 2.05) is 0 Å². The maximum Gasteiger partial charge on any atom is 0.169 e. The standard InChI is InChI=1S/C16H18FN5O/c17-9-1-4-15(23)12(5-9)13-6-14(16(18)21-20-13)22-7-10-2-3-11(8-22)19-10/h1,4-6,10-11,19,23H,2-3,7-8H2,(H2,18,21). The molecular formula is C16H18FN5O. The molecule has 0 spiro atoms. The number of aromatic nitrogens is 2. The quantitative estimate of drug-likeness (QED) is 0.779. The third kappa shape index (κ3) is 2.57. The lowest BCUT2D eigenvalue weighted by Crippen LogP contribution is -2.51. The monoisotopic (exact) mass is 315 g/mol. The van der Waals surface area contributed by atoms with Gasteiger partial charge in [-0.3, -0.25) is 0 Å². The van der Waals surface area contributed by atoms with Crippen LogP contribution in [0.1, 0.15) is 12.8 Å². The van der Waals surface area contributed by atoms with Crippen LogP contribution in [0.25, 0.3) is 11.3 Å². The van der Waals surface area contributed by atoms with Gasteiger partial charge in [-0.05, 0) is 37.1 Å². The van der Waals surface area contributed by atoms with Crippen LogP contribution in [0.3, 0.4) is 0 Å². The zero-order chi connectivity index (χ0) is 16.0. The molecule has 6 nitrogen and oxygen atoms in total. The molecule has 2 saturated heterocycles. The van der Waals surface area contributed by atoms with Crippen molar-refractivity contribution in [1.29, 1.82) is 0 Å². The number of rotatable bonds is 2. The van der Waals surface area contributed by atoms with Gasteiger partial charge in [0, 0.05) is 30.7 Å². The van der Waals surface area contributed by atoms with Crippen LogP contribution in [0.4, 0.5) is 15.9 Å². The van der Waals surface area contributed by atoms with Crippen molar-refractivity contribution < 1.29 is 9.50 Å². The lowest BCUT2D eigenvalue weighted by atomic mass is 10.1. The fourth-order valence-corrected chi connectivity index (χ4v) is 3.48. The molecule has 4 rings (SSSR count). The van der Waals surface area contributed by atoms with E-state index >= 15 is 0 Å². The van der Waals surface area contributed by atoms with Gasteiger partial charge in [-0.1, -0.05) is 0 Å². The number of fused-ring (bicyclic) bond motifs is 2. The molecule has 2 atom stereocenters. The lowest BCUT2D eigenvalue weighted by Gasteiger charge is -2.34. The molecule has 2 aromatic rings. The number of anilines is 2. The zero-order valence-electron chi connectivity index (χ0n) is 12.5.